The summed E-state index contributed by atoms with van der Waals surface area (Å²) in [4.78, 5) is 0. The summed E-state index contributed by atoms with van der Waals surface area (Å²) >= 11 is 0. The monoisotopic (exact) mass is 304 g/mol. The molecule has 5 N–H and O–H groups in total. The summed E-state index contributed by atoms with van der Waals surface area (Å²) in [5.74, 6) is 0. The second-order valence-corrected chi connectivity index (χ2v) is 1.08. The van der Waals surface area contributed by atoms with E-state index in [1.54, 1.807) is 6.92 Å². The van der Waals surface area contributed by atoms with Crippen LogP contribution in [0, 0.1) is 0 Å². The second kappa shape index (κ2) is 15.6. The van der Waals surface area contributed by atoms with Crippen molar-refractivity contribution in [1.82, 2.24) is 0 Å². The Hall–Kier alpha value is 0.528. The first-order valence-corrected chi connectivity index (χ1v) is 1.65. The van der Waals surface area contributed by atoms with Crippen LogP contribution in [0.15, 0.2) is 0 Å². The Morgan fingerprint density at radius 3 is 1.62 bits per heavy atom. The molecule has 0 saturated heterocycles. The van der Waals surface area contributed by atoms with Crippen molar-refractivity contribution >= 4 is 0 Å². The van der Waals surface area contributed by atoms with Crippen LogP contribution >= 0.6 is 0 Å². The van der Waals surface area contributed by atoms with Crippen LogP contribution in [0.1, 0.15) is 6.92 Å². The molecule has 5 heteroatoms. The van der Waals surface area contributed by atoms with E-state index in [1.165, 1.54) is 0 Å². The van der Waals surface area contributed by atoms with Gasteiger partial charge in [0.05, 0.1) is 6.10 Å². The van der Waals surface area contributed by atoms with Crippen LogP contribution in [0.3, 0.4) is 0 Å². The minimum atomic E-state index is -0.338. The molecule has 0 aliphatic rings. The average Bonchev–Trinajstić information content (AvgIpc) is 1.38. The van der Waals surface area contributed by atoms with Gasteiger partial charge in [0, 0.05) is 6.54 Å². The summed E-state index contributed by atoms with van der Waals surface area (Å²) in [5.41, 5.74) is 4.92. The van der Waals surface area contributed by atoms with Crippen molar-refractivity contribution in [2.45, 2.75) is 13.0 Å². The van der Waals surface area contributed by atoms with Crippen molar-refractivity contribution in [2.24, 2.45) is 5.73 Å². The first-order valence-electron chi connectivity index (χ1n) is 1.65. The molecule has 56 valence electrons. The van der Waals surface area contributed by atoms with Gasteiger partial charge < -0.3 is 21.8 Å². The van der Waals surface area contributed by atoms with Gasteiger partial charge in [-0.2, -0.15) is 0 Å². The molecule has 0 rings (SSSR count). The van der Waals surface area contributed by atoms with Gasteiger partial charge >= 0.3 is 21.1 Å². The van der Waals surface area contributed by atoms with Gasteiger partial charge in [-0.25, -0.2) is 0 Å². The van der Waals surface area contributed by atoms with Crippen molar-refractivity contribution in [1.29, 1.82) is 0 Å². The van der Waals surface area contributed by atoms with Gasteiger partial charge in [-0.05, 0) is 6.92 Å². The summed E-state index contributed by atoms with van der Waals surface area (Å²) in [6.07, 6.45) is -0.338. The van der Waals surface area contributed by atoms with Crippen molar-refractivity contribution in [3.05, 3.63) is 0 Å². The summed E-state index contributed by atoms with van der Waals surface area (Å²) in [6.45, 7) is 2.01. The Kier molecular flexibility index (Phi) is 46.1. The van der Waals surface area contributed by atoms with Gasteiger partial charge in [0.25, 0.3) is 0 Å². The molecule has 0 aromatic rings. The molecular formula is C3H11NO3Pt. The quantitative estimate of drug-likeness (QED) is 0.646. The smallest absolute Gasteiger partial charge is 0.870 e. The number of hydrogen-bond donors (Lipinski definition) is 2. The Morgan fingerprint density at radius 1 is 1.50 bits per heavy atom. The molecule has 0 fully saturated rings. The zero-order chi connectivity index (χ0) is 4.28. The second-order valence-electron chi connectivity index (χ2n) is 1.08. The zero-order valence-electron chi connectivity index (χ0n) is 4.52. The zero-order valence-corrected chi connectivity index (χ0v) is 6.79. The van der Waals surface area contributed by atoms with Crippen LogP contribution in [0.4, 0.5) is 0 Å². The fraction of sp³-hybridized carbons (Fsp3) is 1.00. The van der Waals surface area contributed by atoms with E-state index in [0.717, 1.165) is 0 Å². The molecule has 1 unspecified atom stereocenters. The minimum absolute atomic E-state index is 0. The van der Waals surface area contributed by atoms with Gasteiger partial charge in [-0.3, -0.25) is 0 Å². The Labute approximate surface area is 63.0 Å². The molecule has 0 heterocycles. The molecule has 0 bridgehead atoms. The maximum absolute atomic E-state index is 8.24. The molecule has 0 aromatic heterocycles. The van der Waals surface area contributed by atoms with Gasteiger partial charge in [0.15, 0.2) is 0 Å². The SMILES string of the molecule is CC(O)CN.[OH-].[OH-].[Pt+2]. The third kappa shape index (κ3) is 31.2. The van der Waals surface area contributed by atoms with E-state index in [9.17, 15) is 0 Å². The number of nitrogens with two attached hydrogens (primary N) is 1. The summed E-state index contributed by atoms with van der Waals surface area (Å²) in [7, 11) is 0. The maximum Gasteiger partial charge on any atom is 2.00 e. The van der Waals surface area contributed by atoms with Gasteiger partial charge in [-0.1, -0.05) is 0 Å². The molecule has 8 heavy (non-hydrogen) atoms. The number of rotatable bonds is 1. The molecule has 1 atom stereocenters. The standard InChI is InChI=1S/C3H9NO.2H2O.Pt/c1-3(5)2-4;;;/h3,5H,2,4H2,1H3;2*1H2;/q;;;+2/p-2. The largest absolute Gasteiger partial charge is 2.00 e. The van der Waals surface area contributed by atoms with E-state index >= 15 is 0 Å². The maximum atomic E-state index is 8.24. The Bertz CT molecular complexity index is 28.5. The van der Waals surface area contributed by atoms with E-state index in [1.807, 2.05) is 0 Å². The Morgan fingerprint density at radius 2 is 1.62 bits per heavy atom. The molecule has 4 nitrogen and oxygen atoms in total. The molecule has 0 amide bonds. The average molecular weight is 304 g/mol. The molecule has 0 spiro atoms. The molecule has 0 aromatic carbocycles. The van der Waals surface area contributed by atoms with Gasteiger partial charge in [-0.15, -0.1) is 0 Å². The summed E-state index contributed by atoms with van der Waals surface area (Å²) < 4.78 is 0. The molecule has 0 radical (unpaired) electrons. The van der Waals surface area contributed by atoms with E-state index in [0.29, 0.717) is 6.54 Å². The predicted molar refractivity (Wildman–Crippen MR) is 24.6 cm³/mol. The van der Waals surface area contributed by atoms with Gasteiger partial charge in [0.1, 0.15) is 0 Å². The first-order chi connectivity index (χ1) is 2.27. The number of hydrogen-bond acceptors (Lipinski definition) is 4. The van der Waals surface area contributed by atoms with Crippen LogP contribution in [0.5, 0.6) is 0 Å². The topological polar surface area (TPSA) is 106 Å². The van der Waals surface area contributed by atoms with Crippen LogP contribution in [-0.4, -0.2) is 28.7 Å². The van der Waals surface area contributed by atoms with Crippen molar-refractivity contribution in [3.8, 4) is 0 Å². The minimum Gasteiger partial charge on any atom is -0.870 e. The third-order valence-electron chi connectivity index (χ3n) is 0.341. The molecule has 0 saturated carbocycles. The van der Waals surface area contributed by atoms with Crippen molar-refractivity contribution in [2.75, 3.05) is 6.54 Å². The molecular weight excluding hydrogens is 293 g/mol. The van der Waals surface area contributed by atoms with Crippen LogP contribution in [-0.2, 0) is 21.1 Å². The van der Waals surface area contributed by atoms with E-state index in [2.05, 4.69) is 0 Å². The fourth-order valence-corrected chi connectivity index (χ4v) is 0. The number of aliphatic hydroxyl groups excluding tert-OH is 1. The normalized spacial score (nSPS) is 9.38. The number of aliphatic hydroxyl groups is 1. The van der Waals surface area contributed by atoms with Crippen molar-refractivity contribution < 1.29 is 37.1 Å². The first kappa shape index (κ1) is 23.6. The summed E-state index contributed by atoms with van der Waals surface area (Å²) in [5, 5.41) is 8.24. The predicted octanol–water partition coefficient (Wildman–Crippen LogP) is -1.03. The molecule has 0 aliphatic carbocycles. The van der Waals surface area contributed by atoms with Crippen molar-refractivity contribution in [3.63, 3.8) is 0 Å². The van der Waals surface area contributed by atoms with Crippen LogP contribution in [0.25, 0.3) is 0 Å². The molecule has 0 aliphatic heterocycles. The Balaban J connectivity index is -0.0000000267. The fourth-order valence-electron chi connectivity index (χ4n) is 0. The summed E-state index contributed by atoms with van der Waals surface area (Å²) in [6, 6.07) is 0. The van der Waals surface area contributed by atoms with E-state index in [4.69, 9.17) is 10.8 Å². The van der Waals surface area contributed by atoms with Gasteiger partial charge in [0.2, 0.25) is 0 Å². The van der Waals surface area contributed by atoms with Crippen LogP contribution < -0.4 is 5.73 Å². The third-order valence-corrected chi connectivity index (χ3v) is 0.341. The van der Waals surface area contributed by atoms with E-state index in [-0.39, 0.29) is 38.1 Å². The van der Waals surface area contributed by atoms with Crippen LogP contribution in [0.2, 0.25) is 0 Å². The van der Waals surface area contributed by atoms with E-state index < -0.39 is 0 Å².